The third-order valence-corrected chi connectivity index (χ3v) is 4.62. The van der Waals surface area contributed by atoms with E-state index in [9.17, 15) is 22.8 Å². The van der Waals surface area contributed by atoms with Crippen LogP contribution in [0.1, 0.15) is 25.5 Å². The van der Waals surface area contributed by atoms with Crippen LogP contribution in [0.2, 0.25) is 0 Å². The van der Waals surface area contributed by atoms with Gasteiger partial charge < -0.3 is 19.1 Å². The van der Waals surface area contributed by atoms with Gasteiger partial charge in [0.2, 0.25) is 0 Å². The third-order valence-electron chi connectivity index (χ3n) is 4.62. The van der Waals surface area contributed by atoms with Crippen molar-refractivity contribution in [3.63, 3.8) is 0 Å². The second-order valence-corrected chi connectivity index (χ2v) is 7.33. The number of hydrogen-bond acceptors (Lipinski definition) is 5. The molecule has 0 unspecified atom stereocenters. The van der Waals surface area contributed by atoms with Gasteiger partial charge in [0.1, 0.15) is 18.1 Å². The lowest BCUT2D eigenvalue weighted by Crippen LogP contribution is -2.28. The largest absolute Gasteiger partial charge is 0.573 e. The monoisotopic (exact) mass is 450 g/mol. The Kier molecular flexibility index (Phi) is 6.83. The average molecular weight is 450 g/mol. The molecule has 0 atom stereocenters. The van der Waals surface area contributed by atoms with Gasteiger partial charge in [-0.2, -0.15) is 0 Å². The SMILES string of the molecule is CC(C)c1nc2ccc(-c3ccc(OC(F)(F)F)cc3)cc2n(CCOCC(=O)O)c1=O. The molecular formula is C22H21F3N2O5. The van der Waals surface area contributed by atoms with Crippen LogP contribution >= 0.6 is 0 Å². The number of carbonyl (C=O) groups is 1. The van der Waals surface area contributed by atoms with Crippen molar-refractivity contribution >= 4 is 17.0 Å². The predicted molar refractivity (Wildman–Crippen MR) is 111 cm³/mol. The topological polar surface area (TPSA) is 90.7 Å². The Bertz CT molecular complexity index is 1170. The van der Waals surface area contributed by atoms with Gasteiger partial charge in [0.15, 0.2) is 0 Å². The van der Waals surface area contributed by atoms with E-state index in [1.165, 1.54) is 28.8 Å². The van der Waals surface area contributed by atoms with E-state index in [0.717, 1.165) is 0 Å². The Morgan fingerprint density at radius 2 is 1.78 bits per heavy atom. The van der Waals surface area contributed by atoms with Crippen LogP contribution in [-0.4, -0.2) is 40.2 Å². The molecule has 7 nitrogen and oxygen atoms in total. The molecule has 10 heteroatoms. The Hall–Kier alpha value is -3.40. The molecule has 32 heavy (non-hydrogen) atoms. The Morgan fingerprint density at radius 3 is 2.38 bits per heavy atom. The molecule has 0 aliphatic carbocycles. The molecule has 0 radical (unpaired) electrons. The van der Waals surface area contributed by atoms with Crippen molar-refractivity contribution in [1.82, 2.24) is 9.55 Å². The number of carboxylic acid groups (broad SMARTS) is 1. The number of ether oxygens (including phenoxy) is 2. The first-order valence-corrected chi connectivity index (χ1v) is 9.75. The van der Waals surface area contributed by atoms with Gasteiger partial charge in [-0.05, 0) is 35.4 Å². The highest BCUT2D eigenvalue weighted by atomic mass is 19.4. The maximum Gasteiger partial charge on any atom is 0.573 e. The molecule has 0 spiro atoms. The minimum atomic E-state index is -4.77. The standard InChI is InChI=1S/C22H21F3N2O5/c1-13(2)20-21(30)27(9-10-31-12-19(28)29)18-11-15(5-8-17(18)26-20)14-3-6-16(7-4-14)32-22(23,24)25/h3-8,11,13H,9-10,12H2,1-2H3,(H,28,29). The minimum Gasteiger partial charge on any atom is -0.480 e. The van der Waals surface area contributed by atoms with Gasteiger partial charge >= 0.3 is 12.3 Å². The van der Waals surface area contributed by atoms with Crippen LogP contribution in [0.25, 0.3) is 22.2 Å². The normalized spacial score (nSPS) is 11.8. The van der Waals surface area contributed by atoms with E-state index in [1.807, 2.05) is 13.8 Å². The van der Waals surface area contributed by atoms with Crippen LogP contribution < -0.4 is 10.3 Å². The van der Waals surface area contributed by atoms with E-state index < -0.39 is 18.9 Å². The number of halogens is 3. The first kappa shape index (κ1) is 23.3. The molecular weight excluding hydrogens is 429 g/mol. The Morgan fingerprint density at radius 1 is 1.12 bits per heavy atom. The third kappa shape index (κ3) is 5.64. The molecule has 0 fully saturated rings. The molecule has 3 aromatic rings. The van der Waals surface area contributed by atoms with Crippen molar-refractivity contribution in [3.05, 3.63) is 58.5 Å². The maximum absolute atomic E-state index is 13.0. The van der Waals surface area contributed by atoms with Crippen molar-refractivity contribution in [2.75, 3.05) is 13.2 Å². The van der Waals surface area contributed by atoms with Crippen LogP contribution in [0.5, 0.6) is 5.75 Å². The van der Waals surface area contributed by atoms with Crippen molar-refractivity contribution < 1.29 is 32.5 Å². The Balaban J connectivity index is 2.00. The quantitative estimate of drug-likeness (QED) is 0.518. The number of rotatable bonds is 8. The van der Waals surface area contributed by atoms with E-state index in [1.54, 1.807) is 18.2 Å². The fourth-order valence-corrected chi connectivity index (χ4v) is 3.20. The summed E-state index contributed by atoms with van der Waals surface area (Å²) in [5.74, 6) is -1.57. The fourth-order valence-electron chi connectivity index (χ4n) is 3.20. The zero-order valence-electron chi connectivity index (χ0n) is 17.3. The summed E-state index contributed by atoms with van der Waals surface area (Å²) in [6, 6.07) is 10.6. The summed E-state index contributed by atoms with van der Waals surface area (Å²) in [6.07, 6.45) is -4.77. The zero-order valence-corrected chi connectivity index (χ0v) is 17.3. The number of hydrogen-bond donors (Lipinski definition) is 1. The molecule has 170 valence electrons. The van der Waals surface area contributed by atoms with Crippen LogP contribution in [0.3, 0.4) is 0 Å². The molecule has 1 heterocycles. The molecule has 1 aromatic heterocycles. The number of carboxylic acids is 1. The number of fused-ring (bicyclic) bond motifs is 1. The van der Waals surface area contributed by atoms with Crippen LogP contribution in [0, 0.1) is 0 Å². The predicted octanol–water partition coefficient (Wildman–Crippen LogP) is 4.19. The fraction of sp³-hybridized carbons (Fsp3) is 0.318. The second-order valence-electron chi connectivity index (χ2n) is 7.33. The smallest absolute Gasteiger partial charge is 0.480 e. The van der Waals surface area contributed by atoms with Crippen LogP contribution in [0.4, 0.5) is 13.2 Å². The number of benzene rings is 2. The number of aliphatic carboxylic acids is 1. The lowest BCUT2D eigenvalue weighted by atomic mass is 10.0. The average Bonchev–Trinajstić information content (AvgIpc) is 2.70. The van der Waals surface area contributed by atoms with Crippen molar-refractivity contribution in [2.24, 2.45) is 0 Å². The van der Waals surface area contributed by atoms with Gasteiger partial charge in [0, 0.05) is 12.5 Å². The molecule has 0 saturated heterocycles. The van der Waals surface area contributed by atoms with E-state index >= 15 is 0 Å². The van der Waals surface area contributed by atoms with Crippen molar-refractivity contribution in [2.45, 2.75) is 32.7 Å². The first-order valence-electron chi connectivity index (χ1n) is 9.75. The number of alkyl halides is 3. The lowest BCUT2D eigenvalue weighted by Gasteiger charge is -2.15. The minimum absolute atomic E-state index is 0.0105. The van der Waals surface area contributed by atoms with Gasteiger partial charge in [-0.25, -0.2) is 9.78 Å². The van der Waals surface area contributed by atoms with Crippen LogP contribution in [-0.2, 0) is 16.1 Å². The maximum atomic E-state index is 13.0. The summed E-state index contributed by atoms with van der Waals surface area (Å²) in [4.78, 5) is 28.1. The number of nitrogens with zero attached hydrogens (tertiary/aromatic N) is 2. The molecule has 0 aliphatic heterocycles. The molecule has 2 aromatic carbocycles. The van der Waals surface area contributed by atoms with E-state index in [4.69, 9.17) is 9.84 Å². The molecule has 0 bridgehead atoms. The summed E-state index contributed by atoms with van der Waals surface area (Å²) in [6.45, 7) is 3.34. The summed E-state index contributed by atoms with van der Waals surface area (Å²) in [5, 5.41) is 8.72. The van der Waals surface area contributed by atoms with Crippen molar-refractivity contribution in [3.8, 4) is 16.9 Å². The van der Waals surface area contributed by atoms with Gasteiger partial charge in [0.25, 0.3) is 5.56 Å². The summed E-state index contributed by atoms with van der Waals surface area (Å²) in [5.41, 5.74) is 2.42. The number of aromatic nitrogens is 2. The summed E-state index contributed by atoms with van der Waals surface area (Å²) >= 11 is 0. The molecule has 0 amide bonds. The first-order chi connectivity index (χ1) is 15.0. The highest BCUT2D eigenvalue weighted by Crippen LogP contribution is 2.28. The highest BCUT2D eigenvalue weighted by molar-refractivity contribution is 5.82. The summed E-state index contributed by atoms with van der Waals surface area (Å²) < 4.78 is 47.6. The van der Waals surface area contributed by atoms with Gasteiger partial charge in [-0.15, -0.1) is 13.2 Å². The molecule has 1 N–H and O–H groups in total. The summed E-state index contributed by atoms with van der Waals surface area (Å²) in [7, 11) is 0. The highest BCUT2D eigenvalue weighted by Gasteiger charge is 2.31. The van der Waals surface area contributed by atoms with E-state index in [-0.39, 0.29) is 30.4 Å². The van der Waals surface area contributed by atoms with E-state index in [0.29, 0.717) is 27.9 Å². The van der Waals surface area contributed by atoms with Gasteiger partial charge in [0.05, 0.1) is 17.6 Å². The second kappa shape index (κ2) is 9.39. The Labute approximate surface area is 181 Å². The van der Waals surface area contributed by atoms with E-state index in [2.05, 4.69) is 9.72 Å². The lowest BCUT2D eigenvalue weighted by molar-refractivity contribution is -0.274. The van der Waals surface area contributed by atoms with Crippen LogP contribution in [0.15, 0.2) is 47.3 Å². The van der Waals surface area contributed by atoms with Gasteiger partial charge in [-0.1, -0.05) is 32.0 Å². The van der Waals surface area contributed by atoms with Crippen molar-refractivity contribution in [1.29, 1.82) is 0 Å². The molecule has 3 rings (SSSR count). The zero-order chi connectivity index (χ0) is 23.5. The molecule has 0 saturated carbocycles. The molecule has 0 aliphatic rings. The van der Waals surface area contributed by atoms with Gasteiger partial charge in [-0.3, -0.25) is 4.79 Å².